The van der Waals surface area contributed by atoms with Gasteiger partial charge in [0.15, 0.2) is 0 Å². The van der Waals surface area contributed by atoms with Crippen molar-refractivity contribution in [2.75, 3.05) is 26.2 Å². The first-order valence-corrected chi connectivity index (χ1v) is 13.4. The summed E-state index contributed by atoms with van der Waals surface area (Å²) < 4.78 is 27.4. The number of nitrogens with one attached hydrogen (secondary N) is 1. The molecule has 3 fully saturated rings. The highest BCUT2D eigenvalue weighted by Crippen LogP contribution is 2.47. The van der Waals surface area contributed by atoms with E-state index in [0.717, 1.165) is 78.9 Å². The Kier molecular flexibility index (Phi) is 6.75. The molecule has 3 heterocycles. The average molecular weight is 495 g/mol. The number of aryl methyl sites for hydroxylation is 2. The number of halogens is 1. The predicted octanol–water partition coefficient (Wildman–Crippen LogP) is 6.34. The fourth-order valence-corrected chi connectivity index (χ4v) is 6.43. The van der Waals surface area contributed by atoms with E-state index in [-0.39, 0.29) is 23.4 Å². The van der Waals surface area contributed by atoms with E-state index < -0.39 is 6.09 Å². The molecule has 6 rings (SSSR count). The van der Waals surface area contributed by atoms with E-state index in [2.05, 4.69) is 31.0 Å². The Morgan fingerprint density at radius 1 is 1.14 bits per heavy atom. The van der Waals surface area contributed by atoms with Gasteiger partial charge in [0.2, 0.25) is 0 Å². The Morgan fingerprint density at radius 3 is 2.44 bits per heavy atom. The maximum absolute atomic E-state index is 15.6. The number of benzene rings is 2. The number of alkyl carbamates (subject to hydrolysis) is 1. The van der Waals surface area contributed by atoms with Crippen molar-refractivity contribution in [2.45, 2.75) is 72.4 Å². The van der Waals surface area contributed by atoms with Crippen molar-refractivity contribution in [3.8, 4) is 16.9 Å². The first-order chi connectivity index (χ1) is 17.2. The van der Waals surface area contributed by atoms with Gasteiger partial charge in [-0.05, 0) is 116 Å². The van der Waals surface area contributed by atoms with Crippen LogP contribution < -0.4 is 10.1 Å². The summed E-state index contributed by atoms with van der Waals surface area (Å²) >= 11 is 0. The number of hydrogen-bond acceptors (Lipinski definition) is 4. The first kappa shape index (κ1) is 25.1. The number of rotatable bonds is 6. The minimum absolute atomic E-state index is 0.0497. The molecule has 3 aliphatic heterocycles. The van der Waals surface area contributed by atoms with Crippen LogP contribution in [0.3, 0.4) is 0 Å². The van der Waals surface area contributed by atoms with Crippen molar-refractivity contribution in [1.29, 1.82) is 0 Å². The minimum Gasteiger partial charge on any atom is -0.493 e. The summed E-state index contributed by atoms with van der Waals surface area (Å²) in [5.41, 5.74) is 5.14. The molecule has 0 unspecified atom stereocenters. The molecule has 3 saturated heterocycles. The molecule has 2 bridgehead atoms. The Morgan fingerprint density at radius 2 is 1.83 bits per heavy atom. The second-order valence-electron chi connectivity index (χ2n) is 11.6. The van der Waals surface area contributed by atoms with Crippen LogP contribution in [-0.4, -0.2) is 43.3 Å². The summed E-state index contributed by atoms with van der Waals surface area (Å²) in [4.78, 5) is 15.3. The lowest BCUT2D eigenvalue weighted by atomic mass is 9.85. The van der Waals surface area contributed by atoms with E-state index in [1.165, 1.54) is 0 Å². The zero-order valence-electron chi connectivity index (χ0n) is 22.2. The lowest BCUT2D eigenvalue weighted by molar-refractivity contribution is -0.0349. The van der Waals surface area contributed by atoms with Crippen LogP contribution in [0.5, 0.6) is 5.75 Å². The van der Waals surface area contributed by atoms with Crippen LogP contribution in [0.1, 0.15) is 68.3 Å². The number of piperidine rings is 3. The van der Waals surface area contributed by atoms with Crippen LogP contribution in [-0.2, 0) is 11.2 Å². The van der Waals surface area contributed by atoms with E-state index >= 15 is 4.39 Å². The highest BCUT2D eigenvalue weighted by Gasteiger charge is 2.42. The van der Waals surface area contributed by atoms with Gasteiger partial charge in [0.1, 0.15) is 17.7 Å². The zero-order valence-corrected chi connectivity index (χ0v) is 22.2. The zero-order chi connectivity index (χ0) is 25.6. The molecule has 0 spiro atoms. The van der Waals surface area contributed by atoms with Gasteiger partial charge in [-0.25, -0.2) is 9.18 Å². The van der Waals surface area contributed by atoms with Crippen molar-refractivity contribution >= 4 is 6.09 Å². The van der Waals surface area contributed by atoms with Gasteiger partial charge in [-0.2, -0.15) is 0 Å². The van der Waals surface area contributed by atoms with Gasteiger partial charge < -0.3 is 14.8 Å². The monoisotopic (exact) mass is 494 g/mol. The summed E-state index contributed by atoms with van der Waals surface area (Å²) in [6.07, 6.45) is 3.45. The van der Waals surface area contributed by atoms with Gasteiger partial charge >= 0.3 is 6.09 Å². The number of carbonyl (C=O) groups is 1. The maximum atomic E-state index is 15.6. The molecule has 1 N–H and O–H groups in total. The van der Waals surface area contributed by atoms with Gasteiger partial charge in [0, 0.05) is 12.1 Å². The molecule has 6 heteroatoms. The number of ether oxygens (including phenoxy) is 2. The molecule has 194 valence electrons. The molecule has 0 aromatic heterocycles. The number of nitrogens with zero attached hydrogens (tertiary/aromatic N) is 1. The normalized spacial score (nSPS) is 25.9. The van der Waals surface area contributed by atoms with E-state index in [9.17, 15) is 4.79 Å². The molecule has 36 heavy (non-hydrogen) atoms. The molecule has 5 nitrogen and oxygen atoms in total. The number of fused-ring (bicyclic) bond motifs is 4. The highest BCUT2D eigenvalue weighted by molar-refractivity contribution is 5.72. The summed E-state index contributed by atoms with van der Waals surface area (Å²) in [6.45, 7) is 14.0. The molecule has 1 aliphatic carbocycles. The van der Waals surface area contributed by atoms with Gasteiger partial charge in [0.25, 0.3) is 0 Å². The van der Waals surface area contributed by atoms with Crippen LogP contribution in [0.4, 0.5) is 9.18 Å². The van der Waals surface area contributed by atoms with Gasteiger partial charge in [-0.15, -0.1) is 0 Å². The summed E-state index contributed by atoms with van der Waals surface area (Å²) in [5, 5.41) is 3.10. The Hall–Kier alpha value is -2.60. The standard InChI is InChI=1S/C30H39FN2O3/c1-6-11-35-27-18(2)12-21(13-19(27)3)23-14-22-16-30(4,5)28(24(22)15-25(23)31)32-29(34)36-26-17-33-9-7-20(26)8-10-33/h12-15,20,26,28H,6-11,16-17H2,1-5H3,(H,32,34)/t26-,28+/m1/s1. The van der Waals surface area contributed by atoms with E-state index in [1.807, 2.05) is 32.0 Å². The number of amides is 1. The lowest BCUT2D eigenvalue weighted by Crippen LogP contribution is -2.53. The van der Waals surface area contributed by atoms with E-state index in [0.29, 0.717) is 18.1 Å². The van der Waals surface area contributed by atoms with Crippen molar-refractivity contribution < 1.29 is 18.7 Å². The highest BCUT2D eigenvalue weighted by atomic mass is 19.1. The van der Waals surface area contributed by atoms with Gasteiger partial charge in [-0.1, -0.05) is 20.8 Å². The second-order valence-corrected chi connectivity index (χ2v) is 11.6. The first-order valence-electron chi connectivity index (χ1n) is 13.4. The summed E-state index contributed by atoms with van der Waals surface area (Å²) in [5.74, 6) is 1.06. The third-order valence-corrected chi connectivity index (χ3v) is 8.31. The SMILES string of the molecule is CCCOc1c(C)cc(-c2cc3c(cc2F)[C@H](NC(=O)O[C@@H]2CN4CCC2CC4)C(C)(C)C3)cc1C. The predicted molar refractivity (Wildman–Crippen MR) is 140 cm³/mol. The molecular weight excluding hydrogens is 455 g/mol. The Bertz CT molecular complexity index is 1130. The molecule has 0 saturated carbocycles. The maximum Gasteiger partial charge on any atom is 0.407 e. The fourth-order valence-electron chi connectivity index (χ4n) is 6.43. The number of carbonyl (C=O) groups excluding carboxylic acids is 1. The third-order valence-electron chi connectivity index (χ3n) is 8.31. The van der Waals surface area contributed by atoms with E-state index in [1.54, 1.807) is 6.07 Å². The quantitative estimate of drug-likeness (QED) is 0.509. The molecule has 4 aliphatic rings. The van der Waals surface area contributed by atoms with Crippen molar-refractivity contribution in [2.24, 2.45) is 11.3 Å². The Labute approximate surface area is 214 Å². The van der Waals surface area contributed by atoms with Crippen LogP contribution >= 0.6 is 0 Å². The van der Waals surface area contributed by atoms with Gasteiger partial charge in [-0.3, -0.25) is 4.90 Å². The molecule has 2 aromatic rings. The average Bonchev–Trinajstić information content (AvgIpc) is 3.07. The van der Waals surface area contributed by atoms with Crippen LogP contribution in [0.2, 0.25) is 0 Å². The van der Waals surface area contributed by atoms with Crippen molar-refractivity contribution in [3.63, 3.8) is 0 Å². The van der Waals surface area contributed by atoms with Crippen LogP contribution in [0.15, 0.2) is 24.3 Å². The third kappa shape index (κ3) is 4.72. The lowest BCUT2D eigenvalue weighted by Gasteiger charge is -2.44. The fraction of sp³-hybridized carbons (Fsp3) is 0.567. The molecule has 2 aromatic carbocycles. The molecule has 1 amide bonds. The molecular formula is C30H39FN2O3. The topological polar surface area (TPSA) is 50.8 Å². The largest absolute Gasteiger partial charge is 0.493 e. The van der Waals surface area contributed by atoms with Crippen molar-refractivity contribution in [3.05, 3.63) is 52.3 Å². The van der Waals surface area contributed by atoms with Crippen LogP contribution in [0, 0.1) is 31.0 Å². The molecule has 0 radical (unpaired) electrons. The Balaban J connectivity index is 1.37. The van der Waals surface area contributed by atoms with Gasteiger partial charge in [0.05, 0.1) is 12.6 Å². The smallest absolute Gasteiger partial charge is 0.407 e. The summed E-state index contributed by atoms with van der Waals surface area (Å²) in [6, 6.07) is 7.30. The minimum atomic E-state index is -0.391. The summed E-state index contributed by atoms with van der Waals surface area (Å²) in [7, 11) is 0. The number of hydrogen-bond donors (Lipinski definition) is 1. The molecule has 2 atom stereocenters. The van der Waals surface area contributed by atoms with Crippen LogP contribution in [0.25, 0.3) is 11.1 Å². The second kappa shape index (κ2) is 9.70. The van der Waals surface area contributed by atoms with Crippen molar-refractivity contribution in [1.82, 2.24) is 10.2 Å². The van der Waals surface area contributed by atoms with E-state index in [4.69, 9.17) is 9.47 Å².